The summed E-state index contributed by atoms with van der Waals surface area (Å²) in [5.74, 6) is 0.128. The van der Waals surface area contributed by atoms with Crippen molar-refractivity contribution in [1.82, 2.24) is 5.32 Å². The molecule has 0 aliphatic heterocycles. The fourth-order valence-corrected chi connectivity index (χ4v) is 4.10. The molecule has 3 aromatic rings. The van der Waals surface area contributed by atoms with Crippen molar-refractivity contribution in [3.05, 3.63) is 84.3 Å². The lowest BCUT2D eigenvalue weighted by molar-refractivity contribution is 0.0967. The normalized spacial score (nSPS) is 10.6. The number of benzene rings is 3. The summed E-state index contributed by atoms with van der Waals surface area (Å²) >= 11 is 30.6. The Bertz CT molecular complexity index is 1210. The minimum atomic E-state index is -0.805. The van der Waals surface area contributed by atoms with Gasteiger partial charge in [0.1, 0.15) is 11.5 Å². The van der Waals surface area contributed by atoms with Gasteiger partial charge in [0, 0.05) is 10.6 Å². The van der Waals surface area contributed by atoms with Crippen LogP contribution in [0.2, 0.25) is 25.1 Å². The van der Waals surface area contributed by atoms with Crippen molar-refractivity contribution in [3.8, 4) is 11.5 Å². The number of halogens is 5. The molecular weight excluding hydrogens is 518 g/mol. The smallest absolute Gasteiger partial charge is 0.326 e. The van der Waals surface area contributed by atoms with E-state index in [0.29, 0.717) is 32.7 Å². The molecule has 0 radical (unpaired) electrons. The number of nitrogens with one attached hydrogen (secondary N) is 2. The molecule has 0 unspecified atom stereocenters. The maximum Gasteiger partial charge on any atom is 0.326 e. The lowest BCUT2D eigenvalue weighted by Gasteiger charge is -2.17. The molecule has 0 heterocycles. The van der Waals surface area contributed by atoms with Gasteiger partial charge in [0.05, 0.1) is 31.3 Å². The second-order valence-corrected chi connectivity index (χ2v) is 8.73. The molecule has 0 aliphatic carbocycles. The molecule has 0 spiro atoms. The standard InChI is InChI=1S/C22H15Cl5N2O3/c1-10-8-16(28-22(31)29-21(30)18-13(24)4-3-5-14(18)25)19(27)11(2)20(10)32-17-7-6-12(23)9-15(17)26/h3-9H,1-2H3,(H2,28,29,30,31). The molecular formula is C22H15Cl5N2O3. The van der Waals surface area contributed by atoms with Crippen LogP contribution in [0, 0.1) is 13.8 Å². The van der Waals surface area contributed by atoms with E-state index >= 15 is 0 Å². The third-order valence-electron chi connectivity index (χ3n) is 4.40. The van der Waals surface area contributed by atoms with E-state index in [4.69, 9.17) is 62.7 Å². The van der Waals surface area contributed by atoms with Crippen molar-refractivity contribution in [2.45, 2.75) is 13.8 Å². The molecule has 0 atom stereocenters. The fraction of sp³-hybridized carbons (Fsp3) is 0.0909. The van der Waals surface area contributed by atoms with Crippen molar-refractivity contribution in [2.24, 2.45) is 0 Å². The van der Waals surface area contributed by atoms with E-state index in [0.717, 1.165) is 0 Å². The molecule has 0 aliphatic rings. The highest BCUT2D eigenvalue weighted by atomic mass is 35.5. The number of amides is 3. The highest BCUT2D eigenvalue weighted by molar-refractivity contribution is 6.40. The number of carbonyl (C=O) groups is 2. The van der Waals surface area contributed by atoms with Crippen LogP contribution in [0.3, 0.4) is 0 Å². The molecule has 0 fully saturated rings. The van der Waals surface area contributed by atoms with E-state index in [2.05, 4.69) is 10.6 Å². The topological polar surface area (TPSA) is 67.4 Å². The summed E-state index contributed by atoms with van der Waals surface area (Å²) in [6, 6.07) is 10.2. The molecule has 10 heteroatoms. The van der Waals surface area contributed by atoms with Gasteiger partial charge in [0.25, 0.3) is 5.91 Å². The van der Waals surface area contributed by atoms with Crippen molar-refractivity contribution < 1.29 is 14.3 Å². The van der Waals surface area contributed by atoms with Gasteiger partial charge in [-0.1, -0.05) is 64.1 Å². The van der Waals surface area contributed by atoms with Crippen LogP contribution in [0.25, 0.3) is 0 Å². The van der Waals surface area contributed by atoms with E-state index in [1.165, 1.54) is 12.1 Å². The van der Waals surface area contributed by atoms with Crippen LogP contribution in [-0.4, -0.2) is 11.9 Å². The number of hydrogen-bond donors (Lipinski definition) is 2. The van der Waals surface area contributed by atoms with Gasteiger partial charge in [0.15, 0.2) is 0 Å². The van der Waals surface area contributed by atoms with E-state index in [-0.39, 0.29) is 26.3 Å². The zero-order valence-electron chi connectivity index (χ0n) is 16.7. The van der Waals surface area contributed by atoms with Gasteiger partial charge in [-0.3, -0.25) is 10.1 Å². The highest BCUT2D eigenvalue weighted by Gasteiger charge is 2.20. The molecule has 2 N–H and O–H groups in total. The monoisotopic (exact) mass is 530 g/mol. The molecule has 0 saturated heterocycles. The zero-order chi connectivity index (χ0) is 23.6. The van der Waals surface area contributed by atoms with Crippen LogP contribution in [-0.2, 0) is 0 Å². The van der Waals surface area contributed by atoms with Gasteiger partial charge in [-0.25, -0.2) is 4.79 Å². The quantitative estimate of drug-likeness (QED) is 0.355. The van der Waals surface area contributed by atoms with Gasteiger partial charge in [-0.15, -0.1) is 0 Å². The average molecular weight is 533 g/mol. The van der Waals surface area contributed by atoms with Gasteiger partial charge in [0.2, 0.25) is 0 Å². The molecule has 3 amide bonds. The Morgan fingerprint density at radius 3 is 2.16 bits per heavy atom. The van der Waals surface area contributed by atoms with Crippen molar-refractivity contribution in [2.75, 3.05) is 5.32 Å². The molecule has 5 nitrogen and oxygen atoms in total. The second kappa shape index (κ2) is 10.2. The average Bonchev–Trinajstić information content (AvgIpc) is 2.70. The summed E-state index contributed by atoms with van der Waals surface area (Å²) < 4.78 is 5.93. The number of imide groups is 1. The summed E-state index contributed by atoms with van der Waals surface area (Å²) in [5.41, 5.74) is 1.52. The predicted molar refractivity (Wildman–Crippen MR) is 130 cm³/mol. The molecule has 166 valence electrons. The minimum absolute atomic E-state index is 0.00645. The first kappa shape index (κ1) is 24.5. The van der Waals surface area contributed by atoms with E-state index < -0.39 is 11.9 Å². The molecule has 0 saturated carbocycles. The minimum Gasteiger partial charge on any atom is -0.455 e. The summed E-state index contributed by atoms with van der Waals surface area (Å²) in [6.45, 7) is 3.51. The number of hydrogen-bond acceptors (Lipinski definition) is 3. The van der Waals surface area contributed by atoms with Crippen LogP contribution in [0.5, 0.6) is 11.5 Å². The second-order valence-electron chi connectivity index (χ2n) is 6.69. The maximum atomic E-state index is 12.4. The van der Waals surface area contributed by atoms with Crippen LogP contribution in [0.4, 0.5) is 10.5 Å². The first-order valence-corrected chi connectivity index (χ1v) is 11.0. The maximum absolute atomic E-state index is 12.4. The Labute approximate surface area is 209 Å². The summed E-state index contributed by atoms with van der Waals surface area (Å²) in [4.78, 5) is 24.8. The molecule has 3 rings (SSSR count). The van der Waals surface area contributed by atoms with Gasteiger partial charge >= 0.3 is 6.03 Å². The van der Waals surface area contributed by atoms with E-state index in [1.807, 2.05) is 0 Å². The summed E-state index contributed by atoms with van der Waals surface area (Å²) in [6.07, 6.45) is 0. The van der Waals surface area contributed by atoms with Crippen molar-refractivity contribution in [1.29, 1.82) is 0 Å². The Morgan fingerprint density at radius 2 is 1.53 bits per heavy atom. The number of urea groups is 1. The lowest BCUT2D eigenvalue weighted by atomic mass is 10.1. The first-order chi connectivity index (χ1) is 15.1. The third kappa shape index (κ3) is 5.42. The number of carbonyl (C=O) groups excluding carboxylic acids is 2. The molecule has 3 aromatic carbocycles. The number of rotatable bonds is 4. The van der Waals surface area contributed by atoms with E-state index in [1.54, 1.807) is 44.2 Å². The Kier molecular flexibility index (Phi) is 7.80. The number of ether oxygens (including phenoxy) is 1. The Hall–Kier alpha value is -2.15. The summed E-state index contributed by atoms with van der Waals surface area (Å²) in [5, 5.41) is 6.02. The summed E-state index contributed by atoms with van der Waals surface area (Å²) in [7, 11) is 0. The van der Waals surface area contributed by atoms with Gasteiger partial charge in [-0.05, 0) is 55.8 Å². The first-order valence-electron chi connectivity index (χ1n) is 9.07. The van der Waals surface area contributed by atoms with Crippen LogP contribution in [0.15, 0.2) is 42.5 Å². The van der Waals surface area contributed by atoms with E-state index in [9.17, 15) is 9.59 Å². The van der Waals surface area contributed by atoms with Crippen LogP contribution in [0.1, 0.15) is 21.5 Å². The highest BCUT2D eigenvalue weighted by Crippen LogP contribution is 2.40. The van der Waals surface area contributed by atoms with Crippen molar-refractivity contribution in [3.63, 3.8) is 0 Å². The van der Waals surface area contributed by atoms with Gasteiger partial charge < -0.3 is 10.1 Å². The lowest BCUT2D eigenvalue weighted by Crippen LogP contribution is -2.34. The van der Waals surface area contributed by atoms with Crippen molar-refractivity contribution >= 4 is 75.6 Å². The molecule has 0 aromatic heterocycles. The Balaban J connectivity index is 1.80. The number of aryl methyl sites for hydroxylation is 1. The molecule has 0 bridgehead atoms. The van der Waals surface area contributed by atoms with Crippen LogP contribution >= 0.6 is 58.0 Å². The Morgan fingerprint density at radius 1 is 0.875 bits per heavy atom. The third-order valence-corrected chi connectivity index (χ3v) is 6.04. The number of anilines is 1. The van der Waals surface area contributed by atoms with Crippen LogP contribution < -0.4 is 15.4 Å². The largest absolute Gasteiger partial charge is 0.455 e. The SMILES string of the molecule is Cc1cc(NC(=O)NC(=O)c2c(Cl)cccc2Cl)c(Cl)c(C)c1Oc1ccc(Cl)cc1Cl. The van der Waals surface area contributed by atoms with Gasteiger partial charge in [-0.2, -0.15) is 0 Å². The fourth-order valence-electron chi connectivity index (χ4n) is 2.89. The predicted octanol–water partition coefficient (Wildman–Crippen LogP) is 8.32. The zero-order valence-corrected chi connectivity index (χ0v) is 20.4. The molecule has 32 heavy (non-hydrogen) atoms.